The highest BCUT2D eigenvalue weighted by Crippen LogP contribution is 2.29. The van der Waals surface area contributed by atoms with Gasteiger partial charge >= 0.3 is 6.03 Å². The van der Waals surface area contributed by atoms with Gasteiger partial charge in [-0.2, -0.15) is 0 Å². The summed E-state index contributed by atoms with van der Waals surface area (Å²) in [7, 11) is 3.16. The van der Waals surface area contributed by atoms with Crippen LogP contribution in [0.5, 0.6) is 11.5 Å². The van der Waals surface area contributed by atoms with Crippen LogP contribution in [-0.4, -0.2) is 51.3 Å². The van der Waals surface area contributed by atoms with Crippen LogP contribution in [0.2, 0.25) is 0 Å². The van der Waals surface area contributed by atoms with Crippen LogP contribution in [0, 0.1) is 0 Å². The normalized spacial score (nSPS) is 14.2. The summed E-state index contributed by atoms with van der Waals surface area (Å²) in [5.74, 6) is 2.29. The first-order valence-electron chi connectivity index (χ1n) is 8.21. The average Bonchev–Trinajstić information content (AvgIpc) is 2.68. The van der Waals surface area contributed by atoms with E-state index < -0.39 is 0 Å². The van der Waals surface area contributed by atoms with Crippen molar-refractivity contribution >= 4 is 17.5 Å². The number of hydrogen-bond donors (Lipinski definition) is 1. The summed E-state index contributed by atoms with van der Waals surface area (Å²) in [6.07, 6.45) is 1.91. The monoisotopic (exact) mass is 343 g/mol. The molecular formula is C18H23N4O3+. The van der Waals surface area contributed by atoms with E-state index in [0.29, 0.717) is 30.3 Å². The minimum Gasteiger partial charge on any atom is -0.493 e. The first kappa shape index (κ1) is 16.9. The van der Waals surface area contributed by atoms with Gasteiger partial charge in [0, 0.05) is 17.8 Å². The molecule has 3 rings (SSSR count). The molecule has 0 unspecified atom stereocenters. The van der Waals surface area contributed by atoms with Gasteiger partial charge in [-0.15, -0.1) is 0 Å². The molecule has 2 heterocycles. The Morgan fingerprint density at radius 1 is 1.04 bits per heavy atom. The Labute approximate surface area is 147 Å². The minimum absolute atomic E-state index is 0.107. The summed E-state index contributed by atoms with van der Waals surface area (Å²) >= 11 is 0. The van der Waals surface area contributed by atoms with Crippen LogP contribution in [0.4, 0.5) is 16.3 Å². The van der Waals surface area contributed by atoms with Crippen LogP contribution in [0.25, 0.3) is 0 Å². The van der Waals surface area contributed by atoms with E-state index in [1.54, 1.807) is 32.4 Å². The molecule has 0 atom stereocenters. The lowest BCUT2D eigenvalue weighted by molar-refractivity contribution is -0.364. The van der Waals surface area contributed by atoms with Crippen LogP contribution in [-0.2, 0) is 0 Å². The standard InChI is InChI=1S/C18H22N4O3/c1-24-15-7-6-14(13-16(15)25-2)20-18(23)22-11-9-21(10-12-22)17-5-3-4-8-19-17/h3-8,13H,9-12H2,1-2H3,(H,20,23)/p+1. The highest BCUT2D eigenvalue weighted by atomic mass is 16.5. The molecule has 7 heteroatoms. The van der Waals surface area contributed by atoms with E-state index in [2.05, 4.69) is 15.2 Å². The van der Waals surface area contributed by atoms with Crippen molar-refractivity contribution in [3.05, 3.63) is 42.6 Å². The fraction of sp³-hybridized carbons (Fsp3) is 0.333. The van der Waals surface area contributed by atoms with E-state index in [9.17, 15) is 4.79 Å². The molecule has 2 N–H and O–H groups in total. The Balaban J connectivity index is 1.58. The van der Waals surface area contributed by atoms with Crippen LogP contribution in [0.3, 0.4) is 0 Å². The van der Waals surface area contributed by atoms with Gasteiger partial charge in [-0.05, 0) is 18.2 Å². The Kier molecular flexibility index (Phi) is 5.23. The number of H-pyrrole nitrogens is 1. The Bertz CT molecular complexity index is 716. The van der Waals surface area contributed by atoms with E-state index in [-0.39, 0.29) is 6.03 Å². The van der Waals surface area contributed by atoms with Gasteiger partial charge in [-0.25, -0.2) is 9.78 Å². The van der Waals surface area contributed by atoms with E-state index in [4.69, 9.17) is 9.47 Å². The second-order valence-corrected chi connectivity index (χ2v) is 5.72. The van der Waals surface area contributed by atoms with Crippen molar-refractivity contribution in [2.45, 2.75) is 0 Å². The maximum atomic E-state index is 12.5. The summed E-state index contributed by atoms with van der Waals surface area (Å²) in [4.78, 5) is 19.8. The molecule has 1 aliphatic heterocycles. The minimum atomic E-state index is -0.107. The zero-order valence-electron chi connectivity index (χ0n) is 14.5. The van der Waals surface area contributed by atoms with E-state index in [1.807, 2.05) is 29.3 Å². The van der Waals surface area contributed by atoms with Gasteiger partial charge in [-0.3, -0.25) is 4.90 Å². The summed E-state index contributed by atoms with van der Waals surface area (Å²) in [6.45, 7) is 2.92. The molecule has 7 nitrogen and oxygen atoms in total. The van der Waals surface area contributed by atoms with Gasteiger partial charge in [0.2, 0.25) is 0 Å². The molecule has 2 amide bonds. The van der Waals surface area contributed by atoms with Crippen molar-refractivity contribution in [1.82, 2.24) is 4.90 Å². The molecule has 1 aliphatic rings. The first-order chi connectivity index (χ1) is 12.2. The predicted octanol–water partition coefficient (Wildman–Crippen LogP) is 1.87. The van der Waals surface area contributed by atoms with E-state index in [0.717, 1.165) is 18.9 Å². The average molecular weight is 343 g/mol. The number of carbonyl (C=O) groups excluding carboxylic acids is 1. The van der Waals surface area contributed by atoms with Crippen LogP contribution < -0.4 is 24.7 Å². The van der Waals surface area contributed by atoms with Crippen LogP contribution in [0.15, 0.2) is 42.6 Å². The molecule has 0 saturated carbocycles. The Morgan fingerprint density at radius 3 is 2.44 bits per heavy atom. The number of urea groups is 1. The molecule has 0 radical (unpaired) electrons. The number of carbonyl (C=O) groups is 1. The lowest BCUT2D eigenvalue weighted by Gasteiger charge is -2.31. The second-order valence-electron chi connectivity index (χ2n) is 5.72. The molecule has 0 aliphatic carbocycles. The van der Waals surface area contributed by atoms with E-state index >= 15 is 0 Å². The maximum Gasteiger partial charge on any atom is 0.322 e. The molecular weight excluding hydrogens is 320 g/mol. The number of aromatic nitrogens is 1. The third kappa shape index (κ3) is 3.93. The number of ether oxygens (including phenoxy) is 2. The molecule has 1 saturated heterocycles. The summed E-state index contributed by atoms with van der Waals surface area (Å²) in [6, 6.07) is 11.2. The quantitative estimate of drug-likeness (QED) is 0.920. The largest absolute Gasteiger partial charge is 0.493 e. The highest BCUT2D eigenvalue weighted by molar-refractivity contribution is 5.90. The summed E-state index contributed by atoms with van der Waals surface area (Å²) in [5.41, 5.74) is 0.682. The summed E-state index contributed by atoms with van der Waals surface area (Å²) < 4.78 is 10.5. The van der Waals surface area contributed by atoms with Crippen LogP contribution >= 0.6 is 0 Å². The number of benzene rings is 1. The van der Waals surface area contributed by atoms with Crippen molar-refractivity contribution in [1.29, 1.82) is 0 Å². The lowest BCUT2D eigenvalue weighted by atomic mass is 10.2. The third-order valence-electron chi connectivity index (χ3n) is 4.24. The maximum absolute atomic E-state index is 12.5. The van der Waals surface area contributed by atoms with Crippen molar-refractivity contribution in [3.8, 4) is 11.5 Å². The van der Waals surface area contributed by atoms with Gasteiger partial charge in [0.1, 0.15) is 13.1 Å². The van der Waals surface area contributed by atoms with Crippen LogP contribution in [0.1, 0.15) is 0 Å². The fourth-order valence-electron chi connectivity index (χ4n) is 2.85. The lowest BCUT2D eigenvalue weighted by Crippen LogP contribution is -2.51. The molecule has 132 valence electrons. The number of amides is 2. The number of hydrogen-bond acceptors (Lipinski definition) is 4. The SMILES string of the molecule is COc1ccc(NC(=O)N2CCN(c3cccc[nH+]3)CC2)cc1OC. The molecule has 2 aromatic rings. The molecule has 0 bridgehead atoms. The smallest absolute Gasteiger partial charge is 0.322 e. The van der Waals surface area contributed by atoms with Gasteiger partial charge in [0.25, 0.3) is 5.82 Å². The van der Waals surface area contributed by atoms with Gasteiger partial charge < -0.3 is 19.7 Å². The van der Waals surface area contributed by atoms with Crippen molar-refractivity contribution in [3.63, 3.8) is 0 Å². The third-order valence-corrected chi connectivity index (χ3v) is 4.24. The van der Waals surface area contributed by atoms with Gasteiger partial charge in [-0.1, -0.05) is 6.07 Å². The van der Waals surface area contributed by atoms with Crippen molar-refractivity contribution in [2.75, 3.05) is 50.6 Å². The highest BCUT2D eigenvalue weighted by Gasteiger charge is 2.26. The Morgan fingerprint density at radius 2 is 1.80 bits per heavy atom. The molecule has 1 fully saturated rings. The zero-order chi connectivity index (χ0) is 17.6. The predicted molar refractivity (Wildman–Crippen MR) is 95.3 cm³/mol. The van der Waals surface area contributed by atoms with Gasteiger partial charge in [0.05, 0.1) is 33.5 Å². The van der Waals surface area contributed by atoms with Gasteiger partial charge in [0.15, 0.2) is 11.5 Å². The second kappa shape index (κ2) is 7.74. The number of piperazine rings is 1. The number of aromatic amines is 1. The topological polar surface area (TPSA) is 68.2 Å². The number of rotatable bonds is 4. The number of anilines is 2. The number of methoxy groups -OCH3 is 2. The first-order valence-corrected chi connectivity index (χ1v) is 8.21. The van der Waals surface area contributed by atoms with Crippen molar-refractivity contribution < 1.29 is 19.3 Å². The zero-order valence-corrected chi connectivity index (χ0v) is 14.5. The number of nitrogens with zero attached hydrogens (tertiary/aromatic N) is 2. The van der Waals surface area contributed by atoms with E-state index in [1.165, 1.54) is 0 Å². The van der Waals surface area contributed by atoms with Crippen molar-refractivity contribution in [2.24, 2.45) is 0 Å². The fourth-order valence-corrected chi connectivity index (χ4v) is 2.85. The number of nitrogens with one attached hydrogen (secondary N) is 2. The number of pyridine rings is 1. The summed E-state index contributed by atoms with van der Waals surface area (Å²) in [5, 5.41) is 2.92. The molecule has 1 aromatic carbocycles. The molecule has 25 heavy (non-hydrogen) atoms. The molecule has 0 spiro atoms. The molecule has 1 aromatic heterocycles. The Hall–Kier alpha value is -2.96.